The van der Waals surface area contributed by atoms with Gasteiger partial charge in [0.2, 0.25) is 5.91 Å². The molecule has 0 aromatic carbocycles. The van der Waals surface area contributed by atoms with Gasteiger partial charge in [0.15, 0.2) is 0 Å². The summed E-state index contributed by atoms with van der Waals surface area (Å²) in [4.78, 5) is 36.7. The van der Waals surface area contributed by atoms with Crippen LogP contribution in [0.2, 0.25) is 0 Å². The highest BCUT2D eigenvalue weighted by atomic mass is 32.2. The van der Waals surface area contributed by atoms with Gasteiger partial charge in [-0.05, 0) is 26.0 Å². The number of thioether (sulfide) groups is 1. The van der Waals surface area contributed by atoms with Crippen molar-refractivity contribution in [3.8, 4) is 0 Å². The summed E-state index contributed by atoms with van der Waals surface area (Å²) in [6.07, 6.45) is 2.87. The number of urea groups is 1. The Morgan fingerprint density at radius 1 is 1.39 bits per heavy atom. The lowest BCUT2D eigenvalue weighted by Gasteiger charge is -2.37. The lowest BCUT2D eigenvalue weighted by atomic mass is 9.87. The van der Waals surface area contributed by atoms with Crippen molar-refractivity contribution in [2.24, 2.45) is 0 Å². The maximum Gasteiger partial charge on any atom is 0.322 e. The second-order valence-electron chi connectivity index (χ2n) is 4.69. The Bertz CT molecular complexity index is 391. The van der Waals surface area contributed by atoms with Crippen LogP contribution in [0.15, 0.2) is 0 Å². The highest BCUT2D eigenvalue weighted by molar-refractivity contribution is 7.99. The number of nitrogens with zero attached hydrogens (tertiary/aromatic N) is 1. The van der Waals surface area contributed by atoms with Gasteiger partial charge in [-0.15, -0.1) is 0 Å². The SMILES string of the molecule is CS[C@H](C)C(=O)N1CCC2(CC1)NC(=O)NC2=O. The number of imide groups is 1. The van der Waals surface area contributed by atoms with Gasteiger partial charge in [0.1, 0.15) is 5.54 Å². The Morgan fingerprint density at radius 3 is 2.44 bits per heavy atom. The van der Waals surface area contributed by atoms with Crippen LogP contribution in [0.1, 0.15) is 19.8 Å². The van der Waals surface area contributed by atoms with E-state index in [4.69, 9.17) is 0 Å². The number of piperidine rings is 1. The summed E-state index contributed by atoms with van der Waals surface area (Å²) in [5, 5.41) is 4.87. The van der Waals surface area contributed by atoms with Crippen molar-refractivity contribution in [2.75, 3.05) is 19.3 Å². The molecule has 0 unspecified atom stereocenters. The Kier molecular flexibility index (Phi) is 3.52. The number of amides is 4. The molecule has 6 nitrogen and oxygen atoms in total. The first kappa shape index (κ1) is 13.2. The number of hydrogen-bond acceptors (Lipinski definition) is 4. The molecule has 2 aliphatic rings. The van der Waals surface area contributed by atoms with Crippen molar-refractivity contribution >= 4 is 29.6 Å². The molecule has 2 aliphatic heterocycles. The van der Waals surface area contributed by atoms with Gasteiger partial charge in [-0.3, -0.25) is 14.9 Å². The average molecular weight is 271 g/mol. The van der Waals surface area contributed by atoms with Crippen LogP contribution < -0.4 is 10.6 Å². The second-order valence-corrected chi connectivity index (χ2v) is 5.87. The van der Waals surface area contributed by atoms with E-state index in [0.717, 1.165) is 0 Å². The third-order valence-corrected chi connectivity index (χ3v) is 4.55. The molecule has 2 N–H and O–H groups in total. The molecule has 4 amide bonds. The zero-order valence-corrected chi connectivity index (χ0v) is 11.3. The first-order valence-corrected chi connectivity index (χ1v) is 7.22. The van der Waals surface area contributed by atoms with E-state index in [9.17, 15) is 14.4 Å². The number of carbonyl (C=O) groups is 3. The van der Waals surface area contributed by atoms with Crippen molar-refractivity contribution in [1.82, 2.24) is 15.5 Å². The third-order valence-electron chi connectivity index (χ3n) is 3.64. The van der Waals surface area contributed by atoms with Crippen molar-refractivity contribution in [3.63, 3.8) is 0 Å². The van der Waals surface area contributed by atoms with Gasteiger partial charge in [0, 0.05) is 13.1 Å². The molecule has 7 heteroatoms. The number of rotatable bonds is 2. The van der Waals surface area contributed by atoms with E-state index in [1.54, 1.807) is 4.90 Å². The maximum absolute atomic E-state index is 12.0. The van der Waals surface area contributed by atoms with Crippen molar-refractivity contribution in [2.45, 2.75) is 30.6 Å². The molecule has 1 spiro atoms. The molecule has 2 saturated heterocycles. The summed E-state index contributed by atoms with van der Waals surface area (Å²) < 4.78 is 0. The standard InChI is InChI=1S/C11H17N3O3S/c1-7(18-2)8(15)14-5-3-11(4-6-14)9(16)12-10(17)13-11/h7H,3-6H2,1-2H3,(H2,12,13,16,17)/t7-/m1/s1. The van der Waals surface area contributed by atoms with Crippen LogP contribution in [-0.4, -0.2) is 52.9 Å². The minimum Gasteiger partial charge on any atom is -0.342 e. The van der Waals surface area contributed by atoms with Gasteiger partial charge >= 0.3 is 6.03 Å². The van der Waals surface area contributed by atoms with Crippen LogP contribution in [0.25, 0.3) is 0 Å². The summed E-state index contributed by atoms with van der Waals surface area (Å²) in [5.41, 5.74) is -0.795. The molecule has 0 aliphatic carbocycles. The zero-order chi connectivity index (χ0) is 13.3. The summed E-state index contributed by atoms with van der Waals surface area (Å²) in [6.45, 7) is 2.90. The molecule has 18 heavy (non-hydrogen) atoms. The quantitative estimate of drug-likeness (QED) is 0.690. The molecule has 0 aromatic heterocycles. The normalized spacial score (nSPS) is 23.8. The van der Waals surface area contributed by atoms with E-state index in [1.807, 2.05) is 13.2 Å². The van der Waals surface area contributed by atoms with Crippen LogP contribution in [-0.2, 0) is 9.59 Å². The Morgan fingerprint density at radius 2 is 2.00 bits per heavy atom. The molecule has 0 radical (unpaired) electrons. The fraction of sp³-hybridized carbons (Fsp3) is 0.727. The second kappa shape index (κ2) is 4.79. The molecular weight excluding hydrogens is 254 g/mol. The lowest BCUT2D eigenvalue weighted by molar-refractivity contribution is -0.135. The van der Waals surface area contributed by atoms with Crippen LogP contribution in [0.4, 0.5) is 4.79 Å². The number of nitrogens with one attached hydrogen (secondary N) is 2. The third kappa shape index (κ3) is 2.19. The molecule has 2 fully saturated rings. The smallest absolute Gasteiger partial charge is 0.322 e. The summed E-state index contributed by atoms with van der Waals surface area (Å²) in [7, 11) is 0. The first-order valence-electron chi connectivity index (χ1n) is 5.94. The highest BCUT2D eigenvalue weighted by Gasteiger charge is 2.48. The van der Waals surface area contributed by atoms with E-state index in [1.165, 1.54) is 11.8 Å². The van der Waals surface area contributed by atoms with Crippen LogP contribution in [0.5, 0.6) is 0 Å². The number of hydrogen-bond donors (Lipinski definition) is 2. The molecule has 0 bridgehead atoms. The summed E-state index contributed by atoms with van der Waals surface area (Å²) in [5.74, 6) is -0.167. The molecule has 0 aromatic rings. The lowest BCUT2D eigenvalue weighted by Crippen LogP contribution is -2.56. The van der Waals surface area contributed by atoms with Crippen molar-refractivity contribution < 1.29 is 14.4 Å². The zero-order valence-electron chi connectivity index (χ0n) is 10.5. The Balaban J connectivity index is 1.98. The van der Waals surface area contributed by atoms with Crippen molar-refractivity contribution in [3.05, 3.63) is 0 Å². The monoisotopic (exact) mass is 271 g/mol. The Hall–Kier alpha value is -1.24. The average Bonchev–Trinajstić information content (AvgIpc) is 2.63. The minimum absolute atomic E-state index is 0.0638. The van der Waals surface area contributed by atoms with E-state index in [2.05, 4.69) is 10.6 Å². The number of carbonyl (C=O) groups excluding carboxylic acids is 3. The van der Waals surface area contributed by atoms with Gasteiger partial charge in [-0.25, -0.2) is 4.79 Å². The first-order chi connectivity index (χ1) is 8.48. The van der Waals surface area contributed by atoms with Crippen LogP contribution >= 0.6 is 11.8 Å². The van der Waals surface area contributed by atoms with Gasteiger partial charge in [-0.2, -0.15) is 11.8 Å². The Labute approximate surface area is 110 Å². The molecular formula is C11H17N3O3S. The van der Waals surface area contributed by atoms with Gasteiger partial charge in [0.05, 0.1) is 5.25 Å². The molecule has 0 saturated carbocycles. The van der Waals surface area contributed by atoms with Gasteiger partial charge < -0.3 is 10.2 Å². The van der Waals surface area contributed by atoms with Crippen molar-refractivity contribution in [1.29, 1.82) is 0 Å². The topological polar surface area (TPSA) is 78.5 Å². The predicted octanol–water partition coefficient (Wildman–Crippen LogP) is -0.0615. The van der Waals surface area contributed by atoms with Crippen LogP contribution in [0.3, 0.4) is 0 Å². The van der Waals surface area contributed by atoms with Gasteiger partial charge in [0.25, 0.3) is 5.91 Å². The van der Waals surface area contributed by atoms with Crippen LogP contribution in [0, 0.1) is 0 Å². The summed E-state index contributed by atoms with van der Waals surface area (Å²) in [6, 6.07) is -0.433. The van der Waals surface area contributed by atoms with E-state index >= 15 is 0 Å². The maximum atomic E-state index is 12.0. The van der Waals surface area contributed by atoms with Gasteiger partial charge in [-0.1, -0.05) is 0 Å². The van der Waals surface area contributed by atoms with E-state index in [0.29, 0.717) is 25.9 Å². The summed E-state index contributed by atoms with van der Waals surface area (Å²) >= 11 is 1.51. The number of likely N-dealkylation sites (tertiary alicyclic amines) is 1. The highest BCUT2D eigenvalue weighted by Crippen LogP contribution is 2.26. The molecule has 100 valence electrons. The fourth-order valence-corrected chi connectivity index (χ4v) is 2.70. The van der Waals surface area contributed by atoms with E-state index in [-0.39, 0.29) is 17.1 Å². The molecule has 1 atom stereocenters. The molecule has 2 rings (SSSR count). The largest absolute Gasteiger partial charge is 0.342 e. The molecule has 2 heterocycles. The van der Waals surface area contributed by atoms with E-state index < -0.39 is 11.6 Å². The fourth-order valence-electron chi connectivity index (χ4n) is 2.35. The minimum atomic E-state index is -0.795. The predicted molar refractivity (Wildman–Crippen MR) is 68.2 cm³/mol.